The number of fused-ring (bicyclic) bond motifs is 8. The summed E-state index contributed by atoms with van der Waals surface area (Å²) in [6.45, 7) is 4.79. The van der Waals surface area contributed by atoms with Gasteiger partial charge in [-0.3, -0.25) is 0 Å². The molecule has 1 aliphatic carbocycles. The van der Waals surface area contributed by atoms with Crippen LogP contribution in [0.4, 0.5) is 51.2 Å². The molecule has 14 rings (SSSR count). The topological polar surface area (TPSA) is 9.72 Å². The van der Waals surface area contributed by atoms with Gasteiger partial charge < -0.3 is 14.7 Å². The minimum Gasteiger partial charge on any atom is -0.310 e. The minimum absolute atomic E-state index is 0.246. The first-order chi connectivity index (χ1) is 36.5. The van der Waals surface area contributed by atoms with Crippen LogP contribution in [0.25, 0.3) is 65.0 Å². The Bertz CT molecular complexity index is 4300. The van der Waals surface area contributed by atoms with Crippen LogP contribution in [0.2, 0.25) is 0 Å². The van der Waals surface area contributed by atoms with Crippen LogP contribution in [0.1, 0.15) is 25.0 Å². The maximum Gasteiger partial charge on any atom is 0.0620 e. The van der Waals surface area contributed by atoms with E-state index >= 15 is 0 Å². The smallest absolute Gasteiger partial charge is 0.0620 e. The zero-order valence-electron chi connectivity index (χ0n) is 41.3. The van der Waals surface area contributed by atoms with Gasteiger partial charge in [-0.05, 0) is 152 Å². The summed E-state index contributed by atoms with van der Waals surface area (Å²) in [7, 11) is 0. The summed E-state index contributed by atoms with van der Waals surface area (Å²) >= 11 is 0. The van der Waals surface area contributed by atoms with Crippen molar-refractivity contribution in [3.63, 3.8) is 0 Å². The molecule has 0 aliphatic heterocycles. The lowest BCUT2D eigenvalue weighted by molar-refractivity contribution is 0.661. The normalized spacial score (nSPS) is 12.6. The molecule has 0 unspecified atom stereocenters. The van der Waals surface area contributed by atoms with Crippen molar-refractivity contribution >= 4 is 105 Å². The molecule has 74 heavy (non-hydrogen) atoms. The van der Waals surface area contributed by atoms with Crippen molar-refractivity contribution < 1.29 is 0 Å². The van der Waals surface area contributed by atoms with Crippen molar-refractivity contribution in [1.29, 1.82) is 0 Å². The number of hydrogen-bond donors (Lipinski definition) is 0. The molecule has 3 heteroatoms. The monoisotopic (exact) mass is 945 g/mol. The van der Waals surface area contributed by atoms with Crippen molar-refractivity contribution in [3.8, 4) is 11.1 Å². The van der Waals surface area contributed by atoms with Gasteiger partial charge in [0.1, 0.15) is 0 Å². The second kappa shape index (κ2) is 17.4. The highest BCUT2D eigenvalue weighted by molar-refractivity contribution is 6.25. The zero-order valence-corrected chi connectivity index (χ0v) is 41.3. The van der Waals surface area contributed by atoms with Gasteiger partial charge >= 0.3 is 0 Å². The van der Waals surface area contributed by atoms with Gasteiger partial charge in [0.05, 0.1) is 11.4 Å². The molecule has 0 fully saturated rings. The van der Waals surface area contributed by atoms with E-state index in [0.29, 0.717) is 0 Å². The highest BCUT2D eigenvalue weighted by atomic mass is 15.2. The summed E-state index contributed by atoms with van der Waals surface area (Å²) in [6, 6.07) is 101. The molecule has 0 radical (unpaired) electrons. The second-order valence-corrected chi connectivity index (χ2v) is 20.1. The van der Waals surface area contributed by atoms with Crippen molar-refractivity contribution in [2.75, 3.05) is 14.7 Å². The lowest BCUT2D eigenvalue weighted by Gasteiger charge is -2.34. The van der Waals surface area contributed by atoms with Crippen LogP contribution >= 0.6 is 0 Å². The summed E-state index contributed by atoms with van der Waals surface area (Å²) in [6.07, 6.45) is 0. The molecular weight excluding hydrogens is 895 g/mol. The Kier molecular flexibility index (Phi) is 10.2. The molecule has 0 saturated heterocycles. The Morgan fingerprint density at radius 1 is 0.230 bits per heavy atom. The number of benzene rings is 13. The Labute approximate surface area is 432 Å². The number of rotatable bonds is 9. The molecule has 0 aromatic heterocycles. The van der Waals surface area contributed by atoms with Gasteiger partial charge in [0.2, 0.25) is 0 Å². The molecule has 1 aliphatic rings. The van der Waals surface area contributed by atoms with E-state index < -0.39 is 0 Å². The van der Waals surface area contributed by atoms with Gasteiger partial charge in [-0.15, -0.1) is 0 Å². The molecule has 13 aromatic rings. The van der Waals surface area contributed by atoms with Crippen molar-refractivity contribution in [2.24, 2.45) is 0 Å². The van der Waals surface area contributed by atoms with E-state index in [1.165, 1.54) is 60.0 Å². The van der Waals surface area contributed by atoms with Crippen LogP contribution in [0, 0.1) is 0 Å². The number of hydrogen-bond acceptors (Lipinski definition) is 3. The third-order valence-corrected chi connectivity index (χ3v) is 15.5. The first-order valence-electron chi connectivity index (χ1n) is 25.7. The Balaban J connectivity index is 1.17. The van der Waals surface area contributed by atoms with Gasteiger partial charge in [-0.25, -0.2) is 0 Å². The van der Waals surface area contributed by atoms with E-state index in [1.54, 1.807) is 0 Å². The fourth-order valence-electron chi connectivity index (χ4n) is 11.9. The molecule has 0 atom stereocenters. The Morgan fingerprint density at radius 3 is 1.11 bits per heavy atom. The van der Waals surface area contributed by atoms with Gasteiger partial charge in [0, 0.05) is 66.8 Å². The van der Waals surface area contributed by atoms with Crippen LogP contribution in [0.15, 0.2) is 273 Å². The molecule has 0 N–H and O–H groups in total. The predicted molar refractivity (Wildman–Crippen MR) is 316 cm³/mol. The number of anilines is 9. The van der Waals surface area contributed by atoms with E-state index in [-0.39, 0.29) is 5.41 Å². The molecule has 350 valence electrons. The Morgan fingerprint density at radius 2 is 0.595 bits per heavy atom. The van der Waals surface area contributed by atoms with Crippen LogP contribution in [-0.2, 0) is 5.41 Å². The highest BCUT2D eigenvalue weighted by Gasteiger charge is 2.37. The van der Waals surface area contributed by atoms with Crippen LogP contribution < -0.4 is 14.7 Å². The molecule has 13 aromatic carbocycles. The first kappa shape index (κ1) is 43.4. The molecular formula is C71H51N3. The van der Waals surface area contributed by atoms with Gasteiger partial charge in [0.25, 0.3) is 0 Å². The molecule has 0 amide bonds. The molecule has 3 nitrogen and oxygen atoms in total. The predicted octanol–water partition coefficient (Wildman–Crippen LogP) is 20.2. The van der Waals surface area contributed by atoms with Gasteiger partial charge in [-0.2, -0.15) is 0 Å². The van der Waals surface area contributed by atoms with Crippen LogP contribution in [0.3, 0.4) is 0 Å². The maximum atomic E-state index is 2.54. The van der Waals surface area contributed by atoms with Gasteiger partial charge in [0.15, 0.2) is 0 Å². The zero-order chi connectivity index (χ0) is 49.3. The maximum absolute atomic E-state index is 2.54. The van der Waals surface area contributed by atoms with E-state index in [9.17, 15) is 0 Å². The quantitative estimate of drug-likeness (QED) is 0.105. The third kappa shape index (κ3) is 7.11. The van der Waals surface area contributed by atoms with E-state index in [1.807, 2.05) is 0 Å². The average molecular weight is 946 g/mol. The van der Waals surface area contributed by atoms with Crippen LogP contribution in [0.5, 0.6) is 0 Å². The minimum atomic E-state index is -0.246. The largest absolute Gasteiger partial charge is 0.310 e. The van der Waals surface area contributed by atoms with E-state index in [4.69, 9.17) is 0 Å². The number of nitrogens with zero attached hydrogens (tertiary/aromatic N) is 3. The summed E-state index contributed by atoms with van der Waals surface area (Å²) in [4.78, 5) is 7.46. The molecule has 0 saturated carbocycles. The van der Waals surface area contributed by atoms with Gasteiger partial charge in [-0.1, -0.05) is 190 Å². The van der Waals surface area contributed by atoms with Crippen molar-refractivity contribution in [1.82, 2.24) is 0 Å². The third-order valence-electron chi connectivity index (χ3n) is 15.5. The second-order valence-electron chi connectivity index (χ2n) is 20.1. The fourth-order valence-corrected chi connectivity index (χ4v) is 11.9. The SMILES string of the molecule is CC1(C)c2ccccc2-c2cc3c(N(c4ccccc4)c4ccc5ccccc5c4)c4cc(N(c5ccccc5)c5ccc6ccccc6c5)ccc4c(N(c4ccccc4)c4ccc5ccccc5c4)c3cc21. The molecule has 0 spiro atoms. The lowest BCUT2D eigenvalue weighted by Crippen LogP contribution is -2.17. The fraction of sp³-hybridized carbons (Fsp3) is 0.0423. The van der Waals surface area contributed by atoms with E-state index in [0.717, 1.165) is 67.3 Å². The van der Waals surface area contributed by atoms with Crippen molar-refractivity contribution in [3.05, 3.63) is 284 Å². The summed E-state index contributed by atoms with van der Waals surface area (Å²) < 4.78 is 0. The molecule has 0 bridgehead atoms. The molecule has 0 heterocycles. The lowest BCUT2D eigenvalue weighted by atomic mass is 9.81. The average Bonchev–Trinajstić information content (AvgIpc) is 3.77. The summed E-state index contributed by atoms with van der Waals surface area (Å²) in [5, 5.41) is 11.8. The van der Waals surface area contributed by atoms with Crippen LogP contribution in [-0.4, -0.2) is 0 Å². The Hall–Kier alpha value is -9.44. The standard InChI is InChI=1S/C71H51N3/c1-71(2)67-33-19-18-32-61(67)63-46-65-66(47-68(63)71)69(73(55-28-8-4-9-29-55)58-38-35-49-21-13-16-24-52(49)43-58)62-41-40-60(72(54-26-6-3-7-27-54)57-37-34-48-20-12-15-23-51(48)42-57)45-64(62)70(65)74(56-30-10-5-11-31-56)59-39-36-50-22-14-17-25-53(50)44-59/h3-47H,1-2H3. The van der Waals surface area contributed by atoms with Crippen molar-refractivity contribution in [2.45, 2.75) is 19.3 Å². The van der Waals surface area contributed by atoms with E-state index in [2.05, 4.69) is 302 Å². The number of para-hydroxylation sites is 3. The summed E-state index contributed by atoms with van der Waals surface area (Å²) in [5.41, 5.74) is 14.8. The summed E-state index contributed by atoms with van der Waals surface area (Å²) in [5.74, 6) is 0. The highest BCUT2D eigenvalue weighted by Crippen LogP contribution is 2.57. The first-order valence-corrected chi connectivity index (χ1v) is 25.7.